The van der Waals surface area contributed by atoms with E-state index in [0.717, 1.165) is 50.5 Å². The Bertz CT molecular complexity index is 845. The zero-order valence-electron chi connectivity index (χ0n) is 17.2. The van der Waals surface area contributed by atoms with Gasteiger partial charge < -0.3 is 23.8 Å². The third-order valence-corrected chi connectivity index (χ3v) is 5.91. The molecule has 0 atom stereocenters. The van der Waals surface area contributed by atoms with Crippen LogP contribution in [0.3, 0.4) is 0 Å². The average Bonchev–Trinajstić information content (AvgIpc) is 3.03. The number of carbonyl (C=O) groups excluding carboxylic acids is 1. The maximum absolute atomic E-state index is 12.7. The number of fused-ring (bicyclic) bond motifs is 1. The molecule has 29 heavy (non-hydrogen) atoms. The van der Waals surface area contributed by atoms with Crippen LogP contribution in [0.25, 0.3) is 0 Å². The standard InChI is InChI=1S/C21H29N5O3/c1-24-10-7-16(8-11-24)21-23-22-19-9-12-25(13-14-26(19)21)20(27)15-29-18-6-4-3-5-17(18)28-2/h3-6,16H,7-15H2,1-2H3. The van der Waals surface area contributed by atoms with Crippen molar-refractivity contribution in [3.05, 3.63) is 35.9 Å². The number of carbonyl (C=O) groups is 1. The van der Waals surface area contributed by atoms with E-state index in [2.05, 4.69) is 26.7 Å². The van der Waals surface area contributed by atoms with Gasteiger partial charge in [0.1, 0.15) is 11.6 Å². The average molecular weight is 399 g/mol. The van der Waals surface area contributed by atoms with Crippen molar-refractivity contribution in [3.63, 3.8) is 0 Å². The SMILES string of the molecule is COc1ccccc1OCC(=O)N1CCc2nnc(C3CCN(C)CC3)n2CC1. The van der Waals surface area contributed by atoms with Crippen LogP contribution in [0.15, 0.2) is 24.3 Å². The van der Waals surface area contributed by atoms with Gasteiger partial charge >= 0.3 is 0 Å². The van der Waals surface area contributed by atoms with Crippen molar-refractivity contribution in [1.29, 1.82) is 0 Å². The van der Waals surface area contributed by atoms with E-state index in [0.29, 0.717) is 30.5 Å². The van der Waals surface area contributed by atoms with Gasteiger partial charge in [0.15, 0.2) is 18.1 Å². The summed E-state index contributed by atoms with van der Waals surface area (Å²) in [6, 6.07) is 7.37. The maximum atomic E-state index is 12.7. The number of methoxy groups -OCH3 is 1. The fourth-order valence-electron chi connectivity index (χ4n) is 4.13. The summed E-state index contributed by atoms with van der Waals surface area (Å²) in [7, 11) is 3.76. The number of amides is 1. The first kappa shape index (κ1) is 19.7. The number of hydrogen-bond acceptors (Lipinski definition) is 6. The number of nitrogens with zero attached hydrogens (tertiary/aromatic N) is 5. The topological polar surface area (TPSA) is 72.7 Å². The summed E-state index contributed by atoms with van der Waals surface area (Å²) in [5.74, 6) is 3.73. The molecule has 3 heterocycles. The number of benzene rings is 1. The number of aromatic nitrogens is 3. The van der Waals surface area contributed by atoms with Crippen LogP contribution in [0.1, 0.15) is 30.4 Å². The lowest BCUT2D eigenvalue weighted by molar-refractivity contribution is -0.133. The minimum absolute atomic E-state index is 0.00273. The van der Waals surface area contributed by atoms with Crippen molar-refractivity contribution in [1.82, 2.24) is 24.6 Å². The van der Waals surface area contributed by atoms with Gasteiger partial charge in [-0.3, -0.25) is 4.79 Å². The Morgan fingerprint density at radius 1 is 1.07 bits per heavy atom. The van der Waals surface area contributed by atoms with Crippen molar-refractivity contribution in [2.75, 3.05) is 46.9 Å². The minimum atomic E-state index is -0.0181. The molecule has 1 saturated heterocycles. The lowest BCUT2D eigenvalue weighted by Crippen LogP contribution is -2.37. The van der Waals surface area contributed by atoms with Gasteiger partial charge in [-0.05, 0) is 45.1 Å². The van der Waals surface area contributed by atoms with E-state index in [-0.39, 0.29) is 12.5 Å². The molecule has 0 radical (unpaired) electrons. The van der Waals surface area contributed by atoms with Crippen LogP contribution in [0.2, 0.25) is 0 Å². The molecule has 0 bridgehead atoms. The smallest absolute Gasteiger partial charge is 0.260 e. The highest BCUT2D eigenvalue weighted by atomic mass is 16.5. The molecular formula is C21H29N5O3. The van der Waals surface area contributed by atoms with E-state index in [4.69, 9.17) is 9.47 Å². The second-order valence-corrected chi connectivity index (χ2v) is 7.77. The highest BCUT2D eigenvalue weighted by Gasteiger charge is 2.27. The Hall–Kier alpha value is -2.61. The van der Waals surface area contributed by atoms with Crippen molar-refractivity contribution < 1.29 is 14.3 Å². The fraction of sp³-hybridized carbons (Fsp3) is 0.571. The second-order valence-electron chi connectivity index (χ2n) is 7.77. The lowest BCUT2D eigenvalue weighted by atomic mass is 9.96. The van der Waals surface area contributed by atoms with Crippen molar-refractivity contribution in [3.8, 4) is 11.5 Å². The molecule has 2 aliphatic rings. The van der Waals surface area contributed by atoms with E-state index in [1.54, 1.807) is 7.11 Å². The predicted molar refractivity (Wildman–Crippen MR) is 108 cm³/mol. The molecule has 4 rings (SSSR count). The molecule has 0 N–H and O–H groups in total. The monoisotopic (exact) mass is 399 g/mol. The van der Waals surface area contributed by atoms with E-state index in [1.807, 2.05) is 29.2 Å². The predicted octanol–water partition coefficient (Wildman–Crippen LogP) is 1.56. The Balaban J connectivity index is 1.36. The normalized spacial score (nSPS) is 18.2. The molecule has 1 amide bonds. The molecule has 2 aromatic rings. The van der Waals surface area contributed by atoms with E-state index >= 15 is 0 Å². The molecule has 8 heteroatoms. The number of piperidine rings is 1. The Kier molecular flexibility index (Phi) is 5.99. The van der Waals surface area contributed by atoms with Gasteiger partial charge in [-0.15, -0.1) is 10.2 Å². The summed E-state index contributed by atoms with van der Waals surface area (Å²) in [5.41, 5.74) is 0. The highest BCUT2D eigenvalue weighted by Crippen LogP contribution is 2.28. The van der Waals surface area contributed by atoms with Crippen LogP contribution in [0.4, 0.5) is 0 Å². The van der Waals surface area contributed by atoms with Crippen molar-refractivity contribution >= 4 is 5.91 Å². The Labute approximate surface area is 171 Å². The molecule has 156 valence electrons. The molecule has 1 fully saturated rings. The number of hydrogen-bond donors (Lipinski definition) is 0. The van der Waals surface area contributed by atoms with Crippen LogP contribution < -0.4 is 9.47 Å². The number of likely N-dealkylation sites (tertiary alicyclic amines) is 1. The van der Waals surface area contributed by atoms with Crippen LogP contribution in [0.5, 0.6) is 11.5 Å². The Morgan fingerprint density at radius 3 is 2.59 bits per heavy atom. The van der Waals surface area contributed by atoms with Gasteiger partial charge in [0.25, 0.3) is 5.91 Å². The summed E-state index contributed by atoms with van der Waals surface area (Å²) in [4.78, 5) is 17.0. The molecule has 1 aromatic heterocycles. The van der Waals surface area contributed by atoms with E-state index in [1.165, 1.54) is 0 Å². The van der Waals surface area contributed by atoms with Crippen molar-refractivity contribution in [2.24, 2.45) is 0 Å². The summed E-state index contributed by atoms with van der Waals surface area (Å²) in [5, 5.41) is 8.94. The van der Waals surface area contributed by atoms with Crippen LogP contribution >= 0.6 is 0 Å². The summed E-state index contributed by atoms with van der Waals surface area (Å²) in [6.07, 6.45) is 2.95. The second kappa shape index (κ2) is 8.82. The van der Waals surface area contributed by atoms with Gasteiger partial charge in [-0.25, -0.2) is 0 Å². The molecule has 0 unspecified atom stereocenters. The molecule has 0 saturated carbocycles. The molecular weight excluding hydrogens is 370 g/mol. The third kappa shape index (κ3) is 4.37. The quantitative estimate of drug-likeness (QED) is 0.760. The van der Waals surface area contributed by atoms with Gasteiger partial charge in [0.05, 0.1) is 7.11 Å². The number of rotatable bonds is 5. The van der Waals surface area contributed by atoms with E-state index < -0.39 is 0 Å². The summed E-state index contributed by atoms with van der Waals surface area (Å²) >= 11 is 0. The minimum Gasteiger partial charge on any atom is -0.493 e. The zero-order valence-corrected chi connectivity index (χ0v) is 17.2. The number of para-hydroxylation sites is 2. The van der Waals surface area contributed by atoms with E-state index in [9.17, 15) is 4.79 Å². The molecule has 0 spiro atoms. The summed E-state index contributed by atoms with van der Waals surface area (Å²) < 4.78 is 13.2. The van der Waals surface area contributed by atoms with Gasteiger partial charge in [-0.1, -0.05) is 12.1 Å². The first-order valence-electron chi connectivity index (χ1n) is 10.3. The van der Waals surface area contributed by atoms with Crippen LogP contribution in [0, 0.1) is 0 Å². The summed E-state index contributed by atoms with van der Waals surface area (Å²) in [6.45, 7) is 4.22. The lowest BCUT2D eigenvalue weighted by Gasteiger charge is -2.28. The highest BCUT2D eigenvalue weighted by molar-refractivity contribution is 5.78. The molecule has 1 aromatic carbocycles. The largest absolute Gasteiger partial charge is 0.493 e. The molecule has 2 aliphatic heterocycles. The number of ether oxygens (including phenoxy) is 2. The first-order valence-corrected chi connectivity index (χ1v) is 10.3. The van der Waals surface area contributed by atoms with Gasteiger partial charge in [-0.2, -0.15) is 0 Å². The first-order chi connectivity index (χ1) is 14.2. The van der Waals surface area contributed by atoms with Crippen LogP contribution in [-0.2, 0) is 17.8 Å². The van der Waals surface area contributed by atoms with Gasteiger partial charge in [0, 0.05) is 32.0 Å². The third-order valence-electron chi connectivity index (χ3n) is 5.91. The fourth-order valence-corrected chi connectivity index (χ4v) is 4.13. The van der Waals surface area contributed by atoms with Crippen molar-refractivity contribution in [2.45, 2.75) is 31.7 Å². The zero-order chi connectivity index (χ0) is 20.2. The Morgan fingerprint density at radius 2 is 1.83 bits per heavy atom. The van der Waals surface area contributed by atoms with Crippen LogP contribution in [-0.4, -0.2) is 77.4 Å². The molecule has 8 nitrogen and oxygen atoms in total. The maximum Gasteiger partial charge on any atom is 0.260 e. The van der Waals surface area contributed by atoms with Gasteiger partial charge in [0.2, 0.25) is 0 Å². The molecule has 0 aliphatic carbocycles.